The molecule has 0 aliphatic heterocycles. The van der Waals surface area contributed by atoms with Crippen molar-refractivity contribution in [1.82, 2.24) is 9.97 Å². The third kappa shape index (κ3) is 3.53. The Morgan fingerprint density at radius 2 is 2.22 bits per heavy atom. The van der Waals surface area contributed by atoms with E-state index in [2.05, 4.69) is 15.3 Å². The van der Waals surface area contributed by atoms with Crippen LogP contribution in [0, 0.1) is 6.92 Å². The van der Waals surface area contributed by atoms with Gasteiger partial charge in [0.15, 0.2) is 5.13 Å². The van der Waals surface area contributed by atoms with Crippen molar-refractivity contribution in [3.63, 3.8) is 0 Å². The summed E-state index contributed by atoms with van der Waals surface area (Å²) in [5.41, 5.74) is 2.48. The zero-order valence-electron chi connectivity index (χ0n) is 9.88. The summed E-state index contributed by atoms with van der Waals surface area (Å²) < 4.78 is 0. The van der Waals surface area contributed by atoms with E-state index in [9.17, 15) is 4.79 Å². The van der Waals surface area contributed by atoms with Crippen molar-refractivity contribution in [2.45, 2.75) is 19.9 Å². The predicted octanol–water partition coefficient (Wildman–Crippen LogP) is 2.09. The Kier molecular flexibility index (Phi) is 3.88. The van der Waals surface area contributed by atoms with Crippen molar-refractivity contribution in [3.05, 3.63) is 40.7 Å². The Hall–Kier alpha value is -1.95. The summed E-state index contributed by atoms with van der Waals surface area (Å²) in [5.74, 6) is -0.868. The Morgan fingerprint density at radius 1 is 1.39 bits per heavy atom. The minimum atomic E-state index is -0.868. The Morgan fingerprint density at radius 3 is 2.94 bits per heavy atom. The van der Waals surface area contributed by atoms with E-state index in [-0.39, 0.29) is 6.42 Å². The summed E-state index contributed by atoms with van der Waals surface area (Å²) in [6, 6.07) is 5.83. The van der Waals surface area contributed by atoms with Gasteiger partial charge in [-0.1, -0.05) is 6.07 Å². The number of hydrogen-bond acceptors (Lipinski definition) is 5. The van der Waals surface area contributed by atoms with Crippen LogP contribution in [0.2, 0.25) is 0 Å². The van der Waals surface area contributed by atoms with Gasteiger partial charge in [-0.3, -0.25) is 9.78 Å². The molecule has 0 saturated heterocycles. The van der Waals surface area contributed by atoms with E-state index in [1.165, 1.54) is 11.3 Å². The molecule has 0 bridgehead atoms. The number of anilines is 1. The fourth-order valence-corrected chi connectivity index (χ4v) is 2.20. The molecule has 18 heavy (non-hydrogen) atoms. The van der Waals surface area contributed by atoms with Crippen LogP contribution in [0.25, 0.3) is 0 Å². The van der Waals surface area contributed by atoms with E-state index in [4.69, 9.17) is 5.11 Å². The lowest BCUT2D eigenvalue weighted by Crippen LogP contribution is -2.03. The molecule has 0 unspecified atom stereocenters. The van der Waals surface area contributed by atoms with Crippen molar-refractivity contribution in [3.8, 4) is 0 Å². The average Bonchev–Trinajstić information content (AvgIpc) is 2.73. The number of rotatable bonds is 5. The SMILES string of the molecule is Cc1cccc(CNc2nc(CC(=O)O)cs2)n1. The maximum absolute atomic E-state index is 10.5. The molecule has 6 heteroatoms. The van der Waals surface area contributed by atoms with Gasteiger partial charge < -0.3 is 10.4 Å². The second-order valence-corrected chi connectivity index (χ2v) is 4.70. The molecule has 0 aliphatic carbocycles. The summed E-state index contributed by atoms with van der Waals surface area (Å²) in [6.45, 7) is 2.53. The minimum Gasteiger partial charge on any atom is -0.481 e. The number of aryl methyl sites for hydroxylation is 1. The van der Waals surface area contributed by atoms with Gasteiger partial charge in [-0.15, -0.1) is 11.3 Å². The molecule has 0 spiro atoms. The number of nitrogens with one attached hydrogen (secondary N) is 1. The third-order valence-electron chi connectivity index (χ3n) is 2.25. The quantitative estimate of drug-likeness (QED) is 0.864. The standard InChI is InChI=1S/C12H13N3O2S/c1-8-3-2-4-9(14-8)6-13-12-15-10(7-18-12)5-11(16)17/h2-4,7H,5-6H2,1H3,(H,13,15)(H,16,17). The van der Waals surface area contributed by atoms with Gasteiger partial charge in [0.25, 0.3) is 0 Å². The molecule has 0 saturated carbocycles. The Bertz CT molecular complexity index is 554. The highest BCUT2D eigenvalue weighted by Crippen LogP contribution is 2.16. The van der Waals surface area contributed by atoms with E-state index in [1.54, 1.807) is 5.38 Å². The lowest BCUT2D eigenvalue weighted by Gasteiger charge is -2.02. The van der Waals surface area contributed by atoms with Gasteiger partial charge >= 0.3 is 5.97 Å². The zero-order chi connectivity index (χ0) is 13.0. The number of pyridine rings is 1. The maximum atomic E-state index is 10.5. The van der Waals surface area contributed by atoms with E-state index >= 15 is 0 Å². The highest BCUT2D eigenvalue weighted by Gasteiger charge is 2.06. The van der Waals surface area contributed by atoms with Crippen LogP contribution in [0.1, 0.15) is 17.1 Å². The lowest BCUT2D eigenvalue weighted by atomic mass is 10.3. The van der Waals surface area contributed by atoms with Gasteiger partial charge in [-0.25, -0.2) is 4.98 Å². The molecular weight excluding hydrogens is 250 g/mol. The molecule has 0 aromatic carbocycles. The molecule has 2 rings (SSSR count). The number of carboxylic acid groups (broad SMARTS) is 1. The van der Waals surface area contributed by atoms with Crippen LogP contribution in [0.15, 0.2) is 23.6 Å². The first kappa shape index (κ1) is 12.5. The largest absolute Gasteiger partial charge is 0.481 e. The van der Waals surface area contributed by atoms with Gasteiger partial charge in [-0.2, -0.15) is 0 Å². The van der Waals surface area contributed by atoms with Gasteiger partial charge in [0.05, 0.1) is 24.4 Å². The van der Waals surface area contributed by atoms with Crippen molar-refractivity contribution in [1.29, 1.82) is 0 Å². The second kappa shape index (κ2) is 5.59. The number of hydrogen-bond donors (Lipinski definition) is 2. The third-order valence-corrected chi connectivity index (χ3v) is 3.10. The minimum absolute atomic E-state index is 0.0408. The molecule has 0 fully saturated rings. The van der Waals surface area contributed by atoms with E-state index in [0.717, 1.165) is 16.5 Å². The zero-order valence-corrected chi connectivity index (χ0v) is 10.7. The smallest absolute Gasteiger partial charge is 0.309 e. The molecule has 2 heterocycles. The van der Waals surface area contributed by atoms with Crippen LogP contribution in [0.4, 0.5) is 5.13 Å². The van der Waals surface area contributed by atoms with Gasteiger partial charge in [0.1, 0.15) is 0 Å². The molecular formula is C12H13N3O2S. The van der Waals surface area contributed by atoms with Gasteiger partial charge in [0, 0.05) is 11.1 Å². The van der Waals surface area contributed by atoms with E-state index in [1.807, 2.05) is 25.1 Å². The van der Waals surface area contributed by atoms with Gasteiger partial charge in [0.2, 0.25) is 0 Å². The first-order valence-corrected chi connectivity index (χ1v) is 6.34. The average molecular weight is 263 g/mol. The predicted molar refractivity (Wildman–Crippen MR) is 69.8 cm³/mol. The van der Waals surface area contributed by atoms with Crippen molar-refractivity contribution < 1.29 is 9.90 Å². The van der Waals surface area contributed by atoms with Crippen LogP contribution in [0.5, 0.6) is 0 Å². The first-order valence-electron chi connectivity index (χ1n) is 5.46. The van der Waals surface area contributed by atoms with E-state index < -0.39 is 5.97 Å². The molecule has 94 valence electrons. The number of carboxylic acids is 1. The first-order chi connectivity index (χ1) is 8.63. The summed E-state index contributed by atoms with van der Waals surface area (Å²) in [6.07, 6.45) is -0.0408. The van der Waals surface area contributed by atoms with Crippen LogP contribution in [0.3, 0.4) is 0 Å². The molecule has 5 nitrogen and oxygen atoms in total. The fraction of sp³-hybridized carbons (Fsp3) is 0.250. The molecule has 2 N–H and O–H groups in total. The highest BCUT2D eigenvalue weighted by molar-refractivity contribution is 7.13. The van der Waals surface area contributed by atoms with Crippen molar-refractivity contribution in [2.24, 2.45) is 0 Å². The monoisotopic (exact) mass is 263 g/mol. The van der Waals surface area contributed by atoms with Gasteiger partial charge in [-0.05, 0) is 19.1 Å². The van der Waals surface area contributed by atoms with Crippen LogP contribution >= 0.6 is 11.3 Å². The Balaban J connectivity index is 1.94. The fourth-order valence-electron chi connectivity index (χ4n) is 1.49. The van der Waals surface area contributed by atoms with Crippen LogP contribution in [-0.4, -0.2) is 21.0 Å². The van der Waals surface area contributed by atoms with Crippen molar-refractivity contribution >= 4 is 22.4 Å². The number of aliphatic carboxylic acids is 1. The van der Waals surface area contributed by atoms with Crippen molar-refractivity contribution in [2.75, 3.05) is 5.32 Å². The lowest BCUT2D eigenvalue weighted by molar-refractivity contribution is -0.136. The normalized spacial score (nSPS) is 10.3. The van der Waals surface area contributed by atoms with Crippen LogP contribution in [-0.2, 0) is 17.8 Å². The number of nitrogens with zero attached hydrogens (tertiary/aromatic N) is 2. The topological polar surface area (TPSA) is 75.1 Å². The summed E-state index contributed by atoms with van der Waals surface area (Å²) in [7, 11) is 0. The molecule has 2 aromatic rings. The highest BCUT2D eigenvalue weighted by atomic mass is 32.1. The second-order valence-electron chi connectivity index (χ2n) is 3.84. The van der Waals surface area contributed by atoms with E-state index in [0.29, 0.717) is 12.2 Å². The Labute approximate surface area is 109 Å². The summed E-state index contributed by atoms with van der Waals surface area (Å²) >= 11 is 1.40. The summed E-state index contributed by atoms with van der Waals surface area (Å²) in [5, 5.41) is 14.2. The number of aromatic nitrogens is 2. The number of carbonyl (C=O) groups is 1. The molecule has 0 amide bonds. The molecule has 0 radical (unpaired) electrons. The molecule has 0 atom stereocenters. The molecule has 0 aliphatic rings. The summed E-state index contributed by atoms with van der Waals surface area (Å²) in [4.78, 5) is 19.1. The molecule has 2 aromatic heterocycles. The van der Waals surface area contributed by atoms with Crippen LogP contribution < -0.4 is 5.32 Å². The maximum Gasteiger partial charge on any atom is 0.309 e. The number of thiazole rings is 1.